The molecule has 32 heavy (non-hydrogen) atoms. The Morgan fingerprint density at radius 1 is 1.09 bits per heavy atom. The predicted octanol–water partition coefficient (Wildman–Crippen LogP) is 5.57. The summed E-state index contributed by atoms with van der Waals surface area (Å²) in [5, 5.41) is 3.30. The van der Waals surface area contributed by atoms with E-state index in [0.29, 0.717) is 34.2 Å². The largest absolute Gasteiger partial charge is 0.494 e. The third-order valence-electron chi connectivity index (χ3n) is 4.66. The monoisotopic (exact) mass is 536 g/mol. The summed E-state index contributed by atoms with van der Waals surface area (Å²) in [7, 11) is -2.28. The standard InChI is InChI=1S/C23H22BrClN2O4S/c1-3-31-22-13-8-16(23(28)26-21-7-5-4-6-20(21)24)14-17(22)15-27(2)32(29,30)19-11-9-18(25)10-12-19/h4-14H,3,15H2,1-2H3,(H,26,28). The molecule has 0 bridgehead atoms. The van der Waals surface area contributed by atoms with Crippen molar-refractivity contribution in [1.82, 2.24) is 4.31 Å². The number of rotatable bonds is 8. The Hall–Kier alpha value is -2.39. The summed E-state index contributed by atoms with van der Waals surface area (Å²) in [4.78, 5) is 12.9. The average Bonchev–Trinajstić information content (AvgIpc) is 2.77. The average molecular weight is 538 g/mol. The van der Waals surface area contributed by atoms with Gasteiger partial charge in [0.25, 0.3) is 5.91 Å². The number of carbonyl (C=O) groups is 1. The van der Waals surface area contributed by atoms with Crippen molar-refractivity contribution in [1.29, 1.82) is 0 Å². The first-order valence-electron chi connectivity index (χ1n) is 9.76. The Balaban J connectivity index is 1.88. The fourth-order valence-corrected chi connectivity index (χ4v) is 4.67. The van der Waals surface area contributed by atoms with Crippen LogP contribution in [0.15, 0.2) is 76.1 Å². The van der Waals surface area contributed by atoms with E-state index in [2.05, 4.69) is 21.2 Å². The minimum absolute atomic E-state index is 0.0243. The Labute approximate surface area is 201 Å². The topological polar surface area (TPSA) is 75.7 Å². The molecule has 9 heteroatoms. The lowest BCUT2D eigenvalue weighted by Gasteiger charge is -2.20. The van der Waals surface area contributed by atoms with Crippen molar-refractivity contribution >= 4 is 49.1 Å². The van der Waals surface area contributed by atoms with Crippen LogP contribution in [0.3, 0.4) is 0 Å². The van der Waals surface area contributed by atoms with Crippen LogP contribution in [0, 0.1) is 0 Å². The Morgan fingerprint density at radius 2 is 1.78 bits per heavy atom. The minimum atomic E-state index is -3.76. The van der Waals surface area contributed by atoms with E-state index in [1.54, 1.807) is 24.3 Å². The van der Waals surface area contributed by atoms with Crippen LogP contribution in [0.1, 0.15) is 22.8 Å². The molecule has 0 unspecified atom stereocenters. The molecule has 1 amide bonds. The van der Waals surface area contributed by atoms with Crippen LogP contribution >= 0.6 is 27.5 Å². The van der Waals surface area contributed by atoms with Gasteiger partial charge in [0.15, 0.2) is 0 Å². The molecule has 6 nitrogen and oxygen atoms in total. The Kier molecular flexibility index (Phi) is 7.95. The van der Waals surface area contributed by atoms with Gasteiger partial charge in [-0.1, -0.05) is 23.7 Å². The van der Waals surface area contributed by atoms with Crippen molar-refractivity contribution in [2.24, 2.45) is 0 Å². The highest BCUT2D eigenvalue weighted by molar-refractivity contribution is 9.10. The van der Waals surface area contributed by atoms with Crippen LogP contribution in [0.25, 0.3) is 0 Å². The summed E-state index contributed by atoms with van der Waals surface area (Å²) in [6, 6.07) is 18.2. The lowest BCUT2D eigenvalue weighted by molar-refractivity contribution is 0.102. The van der Waals surface area contributed by atoms with Gasteiger partial charge in [-0.3, -0.25) is 4.79 Å². The summed E-state index contributed by atoms with van der Waals surface area (Å²) in [5.74, 6) is 0.201. The Bertz CT molecular complexity index is 1220. The van der Waals surface area contributed by atoms with Crippen LogP contribution < -0.4 is 10.1 Å². The van der Waals surface area contributed by atoms with Gasteiger partial charge < -0.3 is 10.1 Å². The second kappa shape index (κ2) is 10.5. The molecule has 0 saturated heterocycles. The van der Waals surface area contributed by atoms with E-state index in [0.717, 1.165) is 4.47 Å². The maximum atomic E-state index is 13.0. The quantitative estimate of drug-likeness (QED) is 0.407. The molecule has 0 aliphatic carbocycles. The van der Waals surface area contributed by atoms with Crippen molar-refractivity contribution in [3.05, 3.63) is 87.4 Å². The summed E-state index contributed by atoms with van der Waals surface area (Å²) in [5.41, 5.74) is 1.60. The lowest BCUT2D eigenvalue weighted by atomic mass is 10.1. The molecular weight excluding hydrogens is 516 g/mol. The smallest absolute Gasteiger partial charge is 0.255 e. The molecule has 0 aliphatic rings. The number of anilines is 1. The second-order valence-corrected chi connectivity index (χ2v) is 10.2. The number of sulfonamides is 1. The van der Waals surface area contributed by atoms with Gasteiger partial charge in [0, 0.05) is 34.2 Å². The molecule has 0 radical (unpaired) electrons. The molecule has 0 spiro atoms. The van der Waals surface area contributed by atoms with E-state index in [1.165, 1.54) is 35.6 Å². The van der Waals surface area contributed by atoms with Crippen molar-refractivity contribution in [2.75, 3.05) is 19.0 Å². The van der Waals surface area contributed by atoms with Gasteiger partial charge in [-0.05, 0) is 77.5 Å². The molecule has 0 fully saturated rings. The number of benzene rings is 3. The van der Waals surface area contributed by atoms with Crippen LogP contribution in [0.4, 0.5) is 5.69 Å². The summed E-state index contributed by atoms with van der Waals surface area (Å²) in [6.45, 7) is 2.27. The predicted molar refractivity (Wildman–Crippen MR) is 130 cm³/mol. The number of ether oxygens (including phenoxy) is 1. The molecule has 0 saturated carbocycles. The molecule has 3 aromatic carbocycles. The number of halogens is 2. The van der Waals surface area contributed by atoms with Gasteiger partial charge >= 0.3 is 0 Å². The molecular formula is C23H22BrClN2O4S. The molecule has 168 valence electrons. The molecule has 3 rings (SSSR count). The van der Waals surface area contributed by atoms with E-state index in [1.807, 2.05) is 25.1 Å². The van der Waals surface area contributed by atoms with E-state index >= 15 is 0 Å². The minimum Gasteiger partial charge on any atom is -0.494 e. The zero-order chi connectivity index (χ0) is 23.3. The highest BCUT2D eigenvalue weighted by atomic mass is 79.9. The first kappa shape index (κ1) is 24.3. The van der Waals surface area contributed by atoms with E-state index in [4.69, 9.17) is 16.3 Å². The van der Waals surface area contributed by atoms with Crippen molar-refractivity contribution in [3.63, 3.8) is 0 Å². The third kappa shape index (κ3) is 5.69. The van der Waals surface area contributed by atoms with Gasteiger partial charge in [0.05, 0.1) is 17.2 Å². The number of amides is 1. The van der Waals surface area contributed by atoms with Crippen molar-refractivity contribution in [2.45, 2.75) is 18.4 Å². The number of carbonyl (C=O) groups excluding carboxylic acids is 1. The molecule has 0 aromatic heterocycles. The van der Waals surface area contributed by atoms with Gasteiger partial charge in [0.2, 0.25) is 10.0 Å². The summed E-state index contributed by atoms with van der Waals surface area (Å²) >= 11 is 9.28. The molecule has 1 N–H and O–H groups in total. The fraction of sp³-hybridized carbons (Fsp3) is 0.174. The van der Waals surface area contributed by atoms with E-state index in [-0.39, 0.29) is 17.3 Å². The third-order valence-corrected chi connectivity index (χ3v) is 7.42. The summed E-state index contributed by atoms with van der Waals surface area (Å²) < 4.78 is 33.6. The van der Waals surface area contributed by atoms with Crippen LogP contribution in [0.5, 0.6) is 5.75 Å². The van der Waals surface area contributed by atoms with Gasteiger partial charge in [-0.15, -0.1) is 0 Å². The van der Waals surface area contributed by atoms with Gasteiger partial charge in [0.1, 0.15) is 5.75 Å². The Morgan fingerprint density at radius 3 is 2.44 bits per heavy atom. The number of nitrogens with one attached hydrogen (secondary N) is 1. The molecule has 0 aliphatic heterocycles. The van der Waals surface area contributed by atoms with E-state index < -0.39 is 10.0 Å². The highest BCUT2D eigenvalue weighted by Crippen LogP contribution is 2.27. The summed E-state index contributed by atoms with van der Waals surface area (Å²) in [6.07, 6.45) is 0. The van der Waals surface area contributed by atoms with Crippen molar-refractivity contribution < 1.29 is 17.9 Å². The molecule has 3 aromatic rings. The van der Waals surface area contributed by atoms with E-state index in [9.17, 15) is 13.2 Å². The number of hydrogen-bond acceptors (Lipinski definition) is 4. The number of hydrogen-bond donors (Lipinski definition) is 1. The van der Waals surface area contributed by atoms with Crippen LogP contribution in [-0.4, -0.2) is 32.3 Å². The molecule has 0 heterocycles. The normalized spacial score (nSPS) is 11.4. The number of nitrogens with zero attached hydrogens (tertiary/aromatic N) is 1. The van der Waals surface area contributed by atoms with Gasteiger partial charge in [-0.25, -0.2) is 8.42 Å². The SMILES string of the molecule is CCOc1ccc(C(=O)Nc2ccccc2Br)cc1CN(C)S(=O)(=O)c1ccc(Cl)cc1. The van der Waals surface area contributed by atoms with Gasteiger partial charge in [-0.2, -0.15) is 4.31 Å². The van der Waals surface area contributed by atoms with Crippen molar-refractivity contribution in [3.8, 4) is 5.75 Å². The lowest BCUT2D eigenvalue weighted by Crippen LogP contribution is -2.27. The highest BCUT2D eigenvalue weighted by Gasteiger charge is 2.23. The van der Waals surface area contributed by atoms with Crippen LogP contribution in [-0.2, 0) is 16.6 Å². The fourth-order valence-electron chi connectivity index (χ4n) is 3.01. The first-order chi connectivity index (χ1) is 15.2. The van der Waals surface area contributed by atoms with Crippen LogP contribution in [0.2, 0.25) is 5.02 Å². The second-order valence-electron chi connectivity index (χ2n) is 6.90. The zero-order valence-electron chi connectivity index (χ0n) is 17.5. The maximum absolute atomic E-state index is 13.0. The number of para-hydroxylation sites is 1. The first-order valence-corrected chi connectivity index (χ1v) is 12.4. The molecule has 0 atom stereocenters. The zero-order valence-corrected chi connectivity index (χ0v) is 20.7. The maximum Gasteiger partial charge on any atom is 0.255 e.